The van der Waals surface area contributed by atoms with Gasteiger partial charge in [-0.1, -0.05) is 23.7 Å². The summed E-state index contributed by atoms with van der Waals surface area (Å²) >= 11 is 5.95. The van der Waals surface area contributed by atoms with Gasteiger partial charge in [0.1, 0.15) is 5.82 Å². The number of hydrogen-bond acceptors (Lipinski definition) is 3. The monoisotopic (exact) mass is 264 g/mol. The van der Waals surface area contributed by atoms with Crippen LogP contribution in [0.25, 0.3) is 0 Å². The van der Waals surface area contributed by atoms with Crippen LogP contribution in [0, 0.1) is 6.92 Å². The molecule has 0 atom stereocenters. The van der Waals surface area contributed by atoms with Gasteiger partial charge in [0, 0.05) is 18.1 Å². The van der Waals surface area contributed by atoms with Crippen LogP contribution in [0.1, 0.15) is 18.2 Å². The zero-order chi connectivity index (χ0) is 13.1. The SMILES string of the molecule is CCn1nc(C)c(N)c1NCc1cccc(Cl)c1. The number of nitrogens with one attached hydrogen (secondary N) is 1. The zero-order valence-electron chi connectivity index (χ0n) is 10.6. The molecule has 0 saturated carbocycles. The van der Waals surface area contributed by atoms with Crippen LogP contribution in [0.15, 0.2) is 24.3 Å². The highest BCUT2D eigenvalue weighted by Gasteiger charge is 2.10. The summed E-state index contributed by atoms with van der Waals surface area (Å²) in [5.41, 5.74) is 8.67. The normalized spacial score (nSPS) is 10.6. The maximum absolute atomic E-state index is 6.00. The van der Waals surface area contributed by atoms with Gasteiger partial charge < -0.3 is 11.1 Å². The smallest absolute Gasteiger partial charge is 0.148 e. The van der Waals surface area contributed by atoms with E-state index in [0.29, 0.717) is 12.2 Å². The van der Waals surface area contributed by atoms with Crippen LogP contribution in [0.3, 0.4) is 0 Å². The Bertz CT molecular complexity index is 548. The Morgan fingerprint density at radius 2 is 2.22 bits per heavy atom. The molecule has 3 N–H and O–H groups in total. The van der Waals surface area contributed by atoms with Crippen molar-refractivity contribution in [1.82, 2.24) is 9.78 Å². The number of benzene rings is 1. The van der Waals surface area contributed by atoms with Crippen molar-refractivity contribution in [2.45, 2.75) is 26.9 Å². The maximum atomic E-state index is 6.00. The number of halogens is 1. The van der Waals surface area contributed by atoms with Crippen LogP contribution in [-0.4, -0.2) is 9.78 Å². The summed E-state index contributed by atoms with van der Waals surface area (Å²) in [4.78, 5) is 0. The van der Waals surface area contributed by atoms with Crippen molar-refractivity contribution >= 4 is 23.1 Å². The molecule has 0 radical (unpaired) electrons. The molecule has 1 aromatic carbocycles. The van der Waals surface area contributed by atoms with Gasteiger partial charge in [-0.05, 0) is 31.5 Å². The van der Waals surface area contributed by atoms with Gasteiger partial charge in [-0.2, -0.15) is 5.10 Å². The minimum atomic E-state index is 0.676. The zero-order valence-corrected chi connectivity index (χ0v) is 11.3. The molecule has 2 rings (SSSR count). The number of anilines is 2. The Kier molecular flexibility index (Phi) is 3.77. The van der Waals surface area contributed by atoms with E-state index in [1.165, 1.54) is 0 Å². The molecule has 0 aliphatic heterocycles. The van der Waals surface area contributed by atoms with Crippen molar-refractivity contribution < 1.29 is 0 Å². The first-order valence-electron chi connectivity index (χ1n) is 5.93. The predicted molar refractivity (Wildman–Crippen MR) is 75.8 cm³/mol. The van der Waals surface area contributed by atoms with Crippen molar-refractivity contribution in [2.24, 2.45) is 0 Å². The lowest BCUT2D eigenvalue weighted by molar-refractivity contribution is 0.657. The van der Waals surface area contributed by atoms with Crippen LogP contribution in [0.2, 0.25) is 5.02 Å². The molecule has 1 aromatic heterocycles. The molecule has 1 heterocycles. The van der Waals surface area contributed by atoms with Gasteiger partial charge in [0.2, 0.25) is 0 Å². The minimum Gasteiger partial charge on any atom is -0.394 e. The Morgan fingerprint density at radius 1 is 1.44 bits per heavy atom. The van der Waals surface area contributed by atoms with Gasteiger partial charge in [-0.3, -0.25) is 0 Å². The third-order valence-electron chi connectivity index (χ3n) is 2.82. The fourth-order valence-corrected chi connectivity index (χ4v) is 2.06. The highest BCUT2D eigenvalue weighted by molar-refractivity contribution is 6.30. The second kappa shape index (κ2) is 5.31. The van der Waals surface area contributed by atoms with E-state index in [2.05, 4.69) is 10.4 Å². The largest absolute Gasteiger partial charge is 0.394 e. The fourth-order valence-electron chi connectivity index (χ4n) is 1.84. The molecule has 18 heavy (non-hydrogen) atoms. The molecule has 2 aromatic rings. The van der Waals surface area contributed by atoms with Crippen molar-refractivity contribution in [3.63, 3.8) is 0 Å². The lowest BCUT2D eigenvalue weighted by Crippen LogP contribution is -2.08. The Hall–Kier alpha value is -1.68. The van der Waals surface area contributed by atoms with Gasteiger partial charge >= 0.3 is 0 Å². The summed E-state index contributed by atoms with van der Waals surface area (Å²) < 4.78 is 1.87. The predicted octanol–water partition coefficient (Wildman–Crippen LogP) is 3.06. The first-order chi connectivity index (χ1) is 8.61. The quantitative estimate of drug-likeness (QED) is 0.892. The van der Waals surface area contributed by atoms with Gasteiger partial charge in [-0.25, -0.2) is 4.68 Å². The van der Waals surface area contributed by atoms with E-state index in [0.717, 1.165) is 28.6 Å². The molecule has 0 aliphatic rings. The van der Waals surface area contributed by atoms with Crippen molar-refractivity contribution in [3.8, 4) is 0 Å². The third-order valence-corrected chi connectivity index (χ3v) is 3.06. The number of hydrogen-bond donors (Lipinski definition) is 2. The summed E-state index contributed by atoms with van der Waals surface area (Å²) in [6.07, 6.45) is 0. The molecule has 5 heteroatoms. The number of aryl methyl sites for hydroxylation is 2. The summed E-state index contributed by atoms with van der Waals surface area (Å²) in [6, 6.07) is 7.75. The van der Waals surface area contributed by atoms with Gasteiger partial charge in [0.25, 0.3) is 0 Å². The van der Waals surface area contributed by atoms with Crippen LogP contribution in [-0.2, 0) is 13.1 Å². The van der Waals surface area contributed by atoms with Crippen LogP contribution in [0.5, 0.6) is 0 Å². The lowest BCUT2D eigenvalue weighted by Gasteiger charge is -2.09. The summed E-state index contributed by atoms with van der Waals surface area (Å²) in [7, 11) is 0. The van der Waals surface area contributed by atoms with E-state index in [4.69, 9.17) is 17.3 Å². The van der Waals surface area contributed by atoms with E-state index in [1.807, 2.05) is 42.8 Å². The number of nitrogen functional groups attached to an aromatic ring is 1. The molecule has 4 nitrogen and oxygen atoms in total. The second-order valence-electron chi connectivity index (χ2n) is 4.15. The van der Waals surface area contributed by atoms with Gasteiger partial charge in [-0.15, -0.1) is 0 Å². The van der Waals surface area contributed by atoms with Crippen LogP contribution >= 0.6 is 11.6 Å². The van der Waals surface area contributed by atoms with Crippen molar-refractivity contribution in [2.75, 3.05) is 11.1 Å². The minimum absolute atomic E-state index is 0.676. The summed E-state index contributed by atoms with van der Waals surface area (Å²) in [5.74, 6) is 0.870. The molecule has 0 fully saturated rings. The molecular weight excluding hydrogens is 248 g/mol. The second-order valence-corrected chi connectivity index (χ2v) is 4.58. The molecule has 0 aliphatic carbocycles. The van der Waals surface area contributed by atoms with E-state index in [1.54, 1.807) is 0 Å². The lowest BCUT2D eigenvalue weighted by atomic mass is 10.2. The number of nitrogens with zero attached hydrogens (tertiary/aromatic N) is 2. The van der Waals surface area contributed by atoms with Crippen molar-refractivity contribution in [1.29, 1.82) is 0 Å². The average Bonchev–Trinajstić information content (AvgIpc) is 2.63. The topological polar surface area (TPSA) is 55.9 Å². The number of aromatic nitrogens is 2. The van der Waals surface area contributed by atoms with E-state index < -0.39 is 0 Å². The maximum Gasteiger partial charge on any atom is 0.148 e. The number of nitrogens with two attached hydrogens (primary N) is 1. The summed E-state index contributed by atoms with van der Waals surface area (Å²) in [5, 5.41) is 8.41. The molecule has 0 bridgehead atoms. The first-order valence-corrected chi connectivity index (χ1v) is 6.30. The standard InChI is InChI=1S/C13H17ClN4/c1-3-18-13(12(15)9(2)17-18)16-8-10-5-4-6-11(14)7-10/h4-7,16H,3,8,15H2,1-2H3. The summed E-state index contributed by atoms with van der Waals surface area (Å²) in [6.45, 7) is 5.41. The highest BCUT2D eigenvalue weighted by atomic mass is 35.5. The van der Waals surface area contributed by atoms with Gasteiger partial charge in [0.05, 0.1) is 11.4 Å². The third kappa shape index (κ3) is 2.59. The Morgan fingerprint density at radius 3 is 2.89 bits per heavy atom. The average molecular weight is 265 g/mol. The molecule has 0 unspecified atom stereocenters. The molecule has 96 valence electrons. The van der Waals surface area contributed by atoms with E-state index >= 15 is 0 Å². The molecule has 0 spiro atoms. The number of rotatable bonds is 4. The van der Waals surface area contributed by atoms with Crippen molar-refractivity contribution in [3.05, 3.63) is 40.5 Å². The molecule has 0 saturated heterocycles. The molecular formula is C13H17ClN4. The fraction of sp³-hybridized carbons (Fsp3) is 0.308. The van der Waals surface area contributed by atoms with E-state index in [-0.39, 0.29) is 0 Å². The van der Waals surface area contributed by atoms with Crippen LogP contribution in [0.4, 0.5) is 11.5 Å². The Balaban J connectivity index is 2.15. The Labute approximate surface area is 112 Å². The van der Waals surface area contributed by atoms with Gasteiger partial charge in [0.15, 0.2) is 0 Å². The first kappa shape index (κ1) is 12.8. The van der Waals surface area contributed by atoms with Crippen LogP contribution < -0.4 is 11.1 Å². The molecule has 0 amide bonds. The highest BCUT2D eigenvalue weighted by Crippen LogP contribution is 2.23. The van der Waals surface area contributed by atoms with E-state index in [9.17, 15) is 0 Å².